The van der Waals surface area contributed by atoms with Gasteiger partial charge in [0, 0.05) is 87.6 Å². The molecule has 0 radical (unpaired) electrons. The fourth-order valence-corrected chi connectivity index (χ4v) is 10.5. The first-order valence-electron chi connectivity index (χ1n) is 20.6. The molecule has 0 saturated carbocycles. The molecule has 0 atom stereocenters. The van der Waals surface area contributed by atoms with Gasteiger partial charge in [-0.05, 0) is 104 Å². The minimum Gasteiger partial charge on any atom is -0.416 e. The van der Waals surface area contributed by atoms with Crippen LogP contribution in [0.1, 0.15) is 0 Å². The Balaban J connectivity index is 1.11. The molecule has 0 spiro atoms. The van der Waals surface area contributed by atoms with Crippen molar-refractivity contribution in [2.24, 2.45) is 0 Å². The fourth-order valence-electron chi connectivity index (χ4n) is 10.5. The summed E-state index contributed by atoms with van der Waals surface area (Å²) in [5.74, 6) is 0. The van der Waals surface area contributed by atoms with Crippen molar-refractivity contribution in [3.8, 4) is 66.8 Å². The number of rotatable bonds is 3. The molecule has 0 N–H and O–H groups in total. The minimum atomic E-state index is -0.134. The van der Waals surface area contributed by atoms with Gasteiger partial charge in [0.25, 0.3) is 0 Å². The van der Waals surface area contributed by atoms with Crippen molar-refractivity contribution in [2.45, 2.75) is 0 Å². The van der Waals surface area contributed by atoms with E-state index in [1.807, 2.05) is 55.4 Å². The van der Waals surface area contributed by atoms with E-state index in [9.17, 15) is 0 Å². The summed E-state index contributed by atoms with van der Waals surface area (Å²) in [7, 11) is 0. The number of pyridine rings is 3. The van der Waals surface area contributed by atoms with Gasteiger partial charge in [0.1, 0.15) is 0 Å². The van der Waals surface area contributed by atoms with E-state index in [1.165, 1.54) is 66.8 Å². The molecular formula is C51H33B3N6. The van der Waals surface area contributed by atoms with Gasteiger partial charge < -0.3 is 14.2 Å². The van der Waals surface area contributed by atoms with Crippen molar-refractivity contribution in [2.75, 3.05) is 14.2 Å². The van der Waals surface area contributed by atoms with Crippen LogP contribution in [-0.4, -0.2) is 35.9 Å². The van der Waals surface area contributed by atoms with Crippen molar-refractivity contribution in [3.63, 3.8) is 0 Å². The molecule has 9 aromatic rings. The highest BCUT2D eigenvalue weighted by Crippen LogP contribution is 2.50. The van der Waals surface area contributed by atoms with Crippen LogP contribution < -0.4 is 30.6 Å². The Morgan fingerprint density at radius 1 is 0.283 bits per heavy atom. The third kappa shape index (κ3) is 4.77. The quantitative estimate of drug-likeness (QED) is 0.168. The zero-order valence-corrected chi connectivity index (χ0v) is 32.5. The largest absolute Gasteiger partial charge is 0.416 e. The van der Waals surface area contributed by atoms with Crippen LogP contribution in [0.5, 0.6) is 0 Å². The third-order valence-corrected chi connectivity index (χ3v) is 13.0. The van der Waals surface area contributed by atoms with Crippen LogP contribution in [0.4, 0.5) is 17.1 Å². The number of hydrogen-bond acceptors (Lipinski definition) is 6. The maximum atomic E-state index is 4.49. The van der Waals surface area contributed by atoms with Gasteiger partial charge in [-0.15, -0.1) is 0 Å². The second kappa shape index (κ2) is 12.9. The molecule has 60 heavy (non-hydrogen) atoms. The van der Waals surface area contributed by atoms with Crippen molar-refractivity contribution < 1.29 is 0 Å². The van der Waals surface area contributed by atoms with Crippen LogP contribution in [0.3, 0.4) is 0 Å². The Hall–Kier alpha value is -7.64. The summed E-state index contributed by atoms with van der Waals surface area (Å²) >= 11 is 0. The smallest absolute Gasteiger partial charge is 0.389 e. The van der Waals surface area contributed by atoms with Crippen molar-refractivity contribution in [3.05, 3.63) is 201 Å². The first-order valence-corrected chi connectivity index (χ1v) is 20.6. The zero-order chi connectivity index (χ0) is 39.3. The molecule has 13 rings (SSSR count). The Labute approximate surface area is 349 Å². The standard InChI is InChI=1S/C51H33B3N6/c1-4-16-46-40(13-1)43-28-34(37-10-7-25-55-31-37)19-22-49(43)58-52(46)59-50-23-20-35(38-11-8-26-56-32-38)29-44(50)41-14-3-6-18-48(41)54(59)60-51-24-21-36(39-12-9-27-57-33-39)30-45(51)42-15-2-5-17-47(42)53(58)60/h1-33H. The Bertz CT molecular complexity index is 2810. The first-order chi connectivity index (χ1) is 29.8. The summed E-state index contributed by atoms with van der Waals surface area (Å²) in [6.07, 6.45) is 11.4. The SMILES string of the molecule is c1cncc(-c2ccc3c(c2)-c2ccccc2B2N3B3c4ccccc4-c4cc(-c5cccnc5)ccc4N3B3c4ccccc4-c4cc(-c5cccnc5)ccc4N23)c1. The van der Waals surface area contributed by atoms with Gasteiger partial charge in [0.05, 0.1) is 0 Å². The van der Waals surface area contributed by atoms with E-state index in [2.05, 4.69) is 175 Å². The van der Waals surface area contributed by atoms with E-state index in [0.29, 0.717) is 0 Å². The number of anilines is 3. The van der Waals surface area contributed by atoms with Crippen LogP contribution in [0.2, 0.25) is 0 Å². The summed E-state index contributed by atoms with van der Waals surface area (Å²) in [6.45, 7) is -0.403. The highest BCUT2D eigenvalue weighted by molar-refractivity contribution is 7.16. The lowest BCUT2D eigenvalue weighted by Crippen LogP contribution is -2.88. The number of benzene rings is 6. The molecule has 1 fully saturated rings. The third-order valence-electron chi connectivity index (χ3n) is 13.0. The highest BCUT2D eigenvalue weighted by atomic mass is 15.3. The van der Waals surface area contributed by atoms with Gasteiger partial charge in [-0.2, -0.15) is 0 Å². The molecule has 276 valence electrons. The molecule has 6 aromatic carbocycles. The van der Waals surface area contributed by atoms with Gasteiger partial charge in [0.15, 0.2) is 0 Å². The van der Waals surface area contributed by atoms with E-state index in [1.54, 1.807) is 0 Å². The molecule has 0 unspecified atom stereocenters. The molecule has 7 heterocycles. The number of nitrogens with zero attached hydrogens (tertiary/aromatic N) is 6. The number of hydrogen-bond donors (Lipinski definition) is 0. The van der Waals surface area contributed by atoms with E-state index in [4.69, 9.17) is 0 Å². The van der Waals surface area contributed by atoms with E-state index in [0.717, 1.165) is 33.4 Å². The minimum absolute atomic E-state index is 0.134. The van der Waals surface area contributed by atoms with Crippen LogP contribution in [0, 0.1) is 0 Å². The lowest BCUT2D eigenvalue weighted by Gasteiger charge is -2.61. The molecule has 6 nitrogen and oxygen atoms in total. The predicted octanol–water partition coefficient (Wildman–Crippen LogP) is 8.83. The normalized spacial score (nSPS) is 13.8. The molecule has 1 saturated heterocycles. The van der Waals surface area contributed by atoms with Crippen LogP contribution in [-0.2, 0) is 0 Å². The van der Waals surface area contributed by atoms with Crippen molar-refractivity contribution >= 4 is 54.4 Å². The summed E-state index contributed by atoms with van der Waals surface area (Å²) in [5.41, 5.74) is 21.7. The second-order valence-electron chi connectivity index (χ2n) is 16.0. The van der Waals surface area contributed by atoms with Gasteiger partial charge in [-0.1, -0.05) is 109 Å². The van der Waals surface area contributed by atoms with Gasteiger partial charge in [-0.3, -0.25) is 15.0 Å². The van der Waals surface area contributed by atoms with Gasteiger partial charge >= 0.3 is 20.9 Å². The summed E-state index contributed by atoms with van der Waals surface area (Å²) in [6, 6.07) is 60.7. The molecule has 9 heteroatoms. The molecule has 4 aliphatic heterocycles. The summed E-state index contributed by atoms with van der Waals surface area (Å²) in [4.78, 5) is 13.5. The van der Waals surface area contributed by atoms with Crippen LogP contribution >= 0.6 is 0 Å². The maximum Gasteiger partial charge on any atom is 0.389 e. The number of aromatic nitrogens is 3. The molecule has 3 aromatic heterocycles. The Kier molecular flexibility index (Phi) is 7.19. The maximum absolute atomic E-state index is 4.49. The summed E-state index contributed by atoms with van der Waals surface area (Å²) in [5, 5.41) is 0. The Morgan fingerprint density at radius 3 is 0.900 bits per heavy atom. The molecule has 4 aliphatic rings. The zero-order valence-electron chi connectivity index (χ0n) is 32.5. The topological polar surface area (TPSA) is 48.4 Å². The molecule has 0 bridgehead atoms. The molecule has 0 amide bonds. The van der Waals surface area contributed by atoms with Crippen molar-refractivity contribution in [1.29, 1.82) is 0 Å². The second-order valence-corrected chi connectivity index (χ2v) is 16.0. The van der Waals surface area contributed by atoms with E-state index in [-0.39, 0.29) is 20.9 Å². The molecular weight excluding hydrogens is 729 g/mol. The van der Waals surface area contributed by atoms with Gasteiger partial charge in [-0.25, -0.2) is 0 Å². The average Bonchev–Trinajstić information content (AvgIpc) is 3.34. The lowest BCUT2D eigenvalue weighted by molar-refractivity contribution is 1.26. The van der Waals surface area contributed by atoms with Gasteiger partial charge in [0.2, 0.25) is 0 Å². The average molecular weight is 762 g/mol. The predicted molar refractivity (Wildman–Crippen MR) is 249 cm³/mol. The summed E-state index contributed by atoms with van der Waals surface area (Å²) < 4.78 is 8.14. The fraction of sp³-hybridized carbons (Fsp3) is 0. The monoisotopic (exact) mass is 762 g/mol. The highest BCUT2D eigenvalue weighted by Gasteiger charge is 2.61. The van der Waals surface area contributed by atoms with Crippen LogP contribution in [0.25, 0.3) is 66.8 Å². The van der Waals surface area contributed by atoms with E-state index < -0.39 is 0 Å². The Morgan fingerprint density at radius 2 is 0.600 bits per heavy atom. The van der Waals surface area contributed by atoms with E-state index >= 15 is 0 Å². The molecule has 0 aliphatic carbocycles. The lowest BCUT2D eigenvalue weighted by atomic mass is 9.34. The first kappa shape index (κ1) is 33.3. The van der Waals surface area contributed by atoms with Crippen molar-refractivity contribution in [1.82, 2.24) is 15.0 Å². The van der Waals surface area contributed by atoms with Crippen LogP contribution in [0.15, 0.2) is 201 Å². The number of fused-ring (bicyclic) bond motifs is 21.